The summed E-state index contributed by atoms with van der Waals surface area (Å²) in [5.74, 6) is 1.91. The van der Waals surface area contributed by atoms with Crippen LogP contribution in [0.3, 0.4) is 0 Å². The van der Waals surface area contributed by atoms with E-state index in [-0.39, 0.29) is 6.10 Å². The van der Waals surface area contributed by atoms with Crippen LogP contribution in [0.1, 0.15) is 45.4 Å². The molecule has 0 aromatic carbocycles. The van der Waals surface area contributed by atoms with E-state index >= 15 is 0 Å². The number of nitrogens with one attached hydrogen (secondary N) is 1. The predicted octanol–water partition coefficient (Wildman–Crippen LogP) is 1.86. The first-order chi connectivity index (χ1) is 8.79. The molecule has 3 atom stereocenters. The number of piperidine rings is 1. The van der Waals surface area contributed by atoms with E-state index in [1.807, 2.05) is 0 Å². The van der Waals surface area contributed by atoms with E-state index < -0.39 is 0 Å². The van der Waals surface area contributed by atoms with Crippen molar-refractivity contribution in [2.75, 3.05) is 32.7 Å². The topological polar surface area (TPSA) is 35.5 Å². The van der Waals surface area contributed by atoms with Gasteiger partial charge in [0.05, 0.1) is 6.10 Å². The third kappa shape index (κ3) is 4.22. The average molecular weight is 254 g/mol. The summed E-state index contributed by atoms with van der Waals surface area (Å²) in [7, 11) is 0. The molecule has 2 N–H and O–H groups in total. The summed E-state index contributed by atoms with van der Waals surface area (Å²) in [5, 5.41) is 13.3. The van der Waals surface area contributed by atoms with E-state index in [4.69, 9.17) is 0 Å². The Labute approximate surface area is 112 Å². The molecule has 106 valence electrons. The zero-order valence-corrected chi connectivity index (χ0v) is 11.9. The molecule has 0 aromatic rings. The van der Waals surface area contributed by atoms with Crippen molar-refractivity contribution in [2.45, 2.75) is 51.6 Å². The minimum absolute atomic E-state index is 0.198. The number of hydrogen-bond donors (Lipinski definition) is 2. The number of aliphatic hydroxyl groups is 1. The molecule has 1 saturated carbocycles. The molecule has 1 aliphatic heterocycles. The van der Waals surface area contributed by atoms with E-state index in [9.17, 15) is 5.11 Å². The molecule has 1 saturated heterocycles. The van der Waals surface area contributed by atoms with Gasteiger partial charge in [0, 0.05) is 19.6 Å². The van der Waals surface area contributed by atoms with Gasteiger partial charge in [-0.3, -0.25) is 0 Å². The summed E-state index contributed by atoms with van der Waals surface area (Å²) in [6.07, 6.45) is 8.06. The minimum atomic E-state index is -0.198. The Morgan fingerprint density at radius 2 is 2.00 bits per heavy atom. The zero-order chi connectivity index (χ0) is 12.8. The minimum Gasteiger partial charge on any atom is -0.390 e. The monoisotopic (exact) mass is 254 g/mol. The van der Waals surface area contributed by atoms with Gasteiger partial charge in [-0.1, -0.05) is 26.2 Å². The largest absolute Gasteiger partial charge is 0.390 e. The molecule has 0 amide bonds. The van der Waals surface area contributed by atoms with Crippen LogP contribution in [0.15, 0.2) is 0 Å². The number of fused-ring (bicyclic) bond motifs is 1. The number of β-amino-alcohol motifs (C(OH)–C–C–N with tert-alkyl or cyclic N) is 1. The van der Waals surface area contributed by atoms with Crippen LogP contribution in [0.25, 0.3) is 0 Å². The molecule has 2 aliphatic rings. The number of likely N-dealkylation sites (tertiary alicyclic amines) is 1. The van der Waals surface area contributed by atoms with Gasteiger partial charge in [-0.2, -0.15) is 0 Å². The van der Waals surface area contributed by atoms with Gasteiger partial charge in [0.15, 0.2) is 0 Å². The number of rotatable bonds is 6. The van der Waals surface area contributed by atoms with E-state index in [0.29, 0.717) is 0 Å². The van der Waals surface area contributed by atoms with Crippen LogP contribution in [-0.4, -0.2) is 48.8 Å². The lowest BCUT2D eigenvalue weighted by molar-refractivity contribution is 0.0465. The lowest BCUT2D eigenvalue weighted by Crippen LogP contribution is -2.46. The normalized spacial score (nSPS) is 31.0. The Balaban J connectivity index is 1.67. The third-order valence-corrected chi connectivity index (χ3v) is 4.65. The van der Waals surface area contributed by atoms with Crippen LogP contribution in [0.4, 0.5) is 0 Å². The molecule has 3 nitrogen and oxygen atoms in total. The van der Waals surface area contributed by atoms with E-state index in [2.05, 4.69) is 17.1 Å². The summed E-state index contributed by atoms with van der Waals surface area (Å²) in [6, 6.07) is 0. The molecule has 2 rings (SSSR count). The smallest absolute Gasteiger partial charge is 0.0791 e. The molecule has 1 aliphatic carbocycles. The second-order valence-electron chi connectivity index (χ2n) is 6.21. The maximum absolute atomic E-state index is 10.0. The Hall–Kier alpha value is -0.120. The van der Waals surface area contributed by atoms with E-state index in [0.717, 1.165) is 37.9 Å². The van der Waals surface area contributed by atoms with E-state index in [1.54, 1.807) is 0 Å². The first kappa shape index (κ1) is 14.3. The highest BCUT2D eigenvalue weighted by Gasteiger charge is 2.31. The first-order valence-electron chi connectivity index (χ1n) is 7.90. The molecule has 0 bridgehead atoms. The van der Waals surface area contributed by atoms with Gasteiger partial charge in [-0.05, 0) is 44.2 Å². The van der Waals surface area contributed by atoms with Crippen LogP contribution < -0.4 is 5.32 Å². The standard InChI is InChI=1S/C15H30N2O/c1-2-8-16-10-15(18)12-17-9-7-13-5-3-4-6-14(13)11-17/h13-16,18H,2-12H2,1H3. The van der Waals surface area contributed by atoms with Crippen molar-refractivity contribution in [3.8, 4) is 0 Å². The highest BCUT2D eigenvalue weighted by Crippen LogP contribution is 2.35. The third-order valence-electron chi connectivity index (χ3n) is 4.65. The summed E-state index contributed by atoms with van der Waals surface area (Å²) in [4.78, 5) is 2.49. The van der Waals surface area contributed by atoms with Crippen LogP contribution in [-0.2, 0) is 0 Å². The fourth-order valence-electron chi connectivity index (χ4n) is 3.65. The van der Waals surface area contributed by atoms with E-state index in [1.165, 1.54) is 45.2 Å². The van der Waals surface area contributed by atoms with Crippen molar-refractivity contribution in [1.82, 2.24) is 10.2 Å². The predicted molar refractivity (Wildman–Crippen MR) is 75.7 cm³/mol. The van der Waals surface area contributed by atoms with Crippen molar-refractivity contribution in [3.63, 3.8) is 0 Å². The zero-order valence-electron chi connectivity index (χ0n) is 11.9. The van der Waals surface area contributed by atoms with Crippen molar-refractivity contribution in [3.05, 3.63) is 0 Å². The summed E-state index contributed by atoms with van der Waals surface area (Å²) in [6.45, 7) is 7.22. The van der Waals surface area contributed by atoms with Crippen molar-refractivity contribution in [1.29, 1.82) is 0 Å². The van der Waals surface area contributed by atoms with Crippen molar-refractivity contribution >= 4 is 0 Å². The lowest BCUT2D eigenvalue weighted by Gasteiger charge is -2.41. The van der Waals surface area contributed by atoms with Gasteiger partial charge in [0.25, 0.3) is 0 Å². The molecule has 0 radical (unpaired) electrons. The molecule has 18 heavy (non-hydrogen) atoms. The summed E-state index contributed by atoms with van der Waals surface area (Å²) < 4.78 is 0. The number of aliphatic hydroxyl groups excluding tert-OH is 1. The molecule has 1 heterocycles. The highest BCUT2D eigenvalue weighted by atomic mass is 16.3. The molecule has 0 aromatic heterocycles. The van der Waals surface area contributed by atoms with Gasteiger partial charge in [-0.25, -0.2) is 0 Å². The van der Waals surface area contributed by atoms with Gasteiger partial charge in [0.1, 0.15) is 0 Å². The van der Waals surface area contributed by atoms with Crippen LogP contribution in [0, 0.1) is 11.8 Å². The van der Waals surface area contributed by atoms with Crippen LogP contribution in [0.5, 0.6) is 0 Å². The van der Waals surface area contributed by atoms with Crippen LogP contribution in [0.2, 0.25) is 0 Å². The molecule has 3 heteroatoms. The maximum Gasteiger partial charge on any atom is 0.0791 e. The second kappa shape index (κ2) is 7.46. The summed E-state index contributed by atoms with van der Waals surface area (Å²) in [5.41, 5.74) is 0. The molecule has 0 spiro atoms. The van der Waals surface area contributed by atoms with Gasteiger partial charge in [-0.15, -0.1) is 0 Å². The quantitative estimate of drug-likeness (QED) is 0.710. The second-order valence-corrected chi connectivity index (χ2v) is 6.21. The van der Waals surface area contributed by atoms with Crippen molar-refractivity contribution < 1.29 is 5.11 Å². The molecular weight excluding hydrogens is 224 g/mol. The average Bonchev–Trinajstić information content (AvgIpc) is 2.39. The van der Waals surface area contributed by atoms with Gasteiger partial charge < -0.3 is 15.3 Å². The van der Waals surface area contributed by atoms with Gasteiger partial charge >= 0.3 is 0 Å². The SMILES string of the molecule is CCCNCC(O)CN1CCC2CCCCC2C1. The van der Waals surface area contributed by atoms with Crippen molar-refractivity contribution in [2.24, 2.45) is 11.8 Å². The Bertz CT molecular complexity index is 235. The maximum atomic E-state index is 10.0. The highest BCUT2D eigenvalue weighted by molar-refractivity contribution is 4.84. The summed E-state index contributed by atoms with van der Waals surface area (Å²) >= 11 is 0. The number of nitrogens with zero attached hydrogens (tertiary/aromatic N) is 1. The molecule has 3 unspecified atom stereocenters. The molecular formula is C15H30N2O. The van der Waals surface area contributed by atoms with Gasteiger partial charge in [0.2, 0.25) is 0 Å². The Morgan fingerprint density at radius 3 is 2.78 bits per heavy atom. The lowest BCUT2D eigenvalue weighted by atomic mass is 9.75. The van der Waals surface area contributed by atoms with Crippen LogP contribution >= 0.6 is 0 Å². The number of hydrogen-bond acceptors (Lipinski definition) is 3. The first-order valence-corrected chi connectivity index (χ1v) is 7.90. The fourth-order valence-corrected chi connectivity index (χ4v) is 3.65. The Morgan fingerprint density at radius 1 is 1.22 bits per heavy atom. The molecule has 2 fully saturated rings. The fraction of sp³-hybridized carbons (Fsp3) is 1.00. The Kier molecular flexibility index (Phi) is 5.93.